The summed E-state index contributed by atoms with van der Waals surface area (Å²) < 4.78 is 39.2. The smallest absolute Gasteiger partial charge is 0.408 e. The number of piperidine rings is 3. The minimum atomic E-state index is -1.33. The lowest BCUT2D eigenvalue weighted by Gasteiger charge is -2.37. The van der Waals surface area contributed by atoms with Crippen LogP contribution in [0.3, 0.4) is 0 Å². The van der Waals surface area contributed by atoms with Crippen LogP contribution in [0.25, 0.3) is 66.9 Å². The summed E-state index contributed by atoms with van der Waals surface area (Å²) in [6.07, 6.45) is -1.88. The standard InChI is InChI=1S/C25H26ClNO7.C24H25ClN2O7.C21H20ClNO5.C9H17NO4.C8H15NO5.ClH/c1-13(12-28)25(32)34-21-11-27(2)8-7-15(21)22-17(29)9-18(30)23-19(31)10-20(33-24(22)23)14-5-3-4-6-16(14)26;1-27-7-6-13(20(10-27)34-24(32)15(26)11-28)21-16(29)8-17(30)22-18(31)9-19(33-23(21)22)12-4-2-3-5-14(12)25;1-23-7-6-12(17(27)10-23)19-14(24)8-15(25)20-16(26)9-18(28-21(19)20)11-4-2-3-5-13(11)22;1-5-6(7(11)12)10-8(13)14-9(2,3)4;1-8(2,3)14-7(13)9-5(4-10)6(11)12;/h3-6,9-10,13,15,21,28-30H,7-8,11-12H2,1-2H3;2-5,8-9,13,15,20,28-30H,6-7,10-11,26H2,1H3;2-5,8-9,12,17,24-25,27H,6-7,10H2,1H3;6H,5H2,1-4H3,(H,10,13)(H,11,12);5,10H,4H2,1-3H3,(H,9,13)(H,11,12);1H/t13-,15-,21+;13-,15-,20+;12-,17+;6-;5-;/m00000./s1. The van der Waals surface area contributed by atoms with Gasteiger partial charge in [-0.2, -0.15) is 0 Å². The number of rotatable bonds is 18. The quantitative estimate of drug-likeness (QED) is 0.0280. The lowest BCUT2D eigenvalue weighted by molar-refractivity contribution is -0.158. The number of aliphatic carboxylic acids is 2. The molecule has 9 aromatic rings. The first kappa shape index (κ1) is 101. The number of phenolic OH excluding ortho intramolecular Hbond substituents is 6. The molecule has 3 aromatic heterocycles. The van der Waals surface area contributed by atoms with E-state index >= 15 is 0 Å². The first-order valence-corrected chi connectivity index (χ1v) is 40.4. The molecule has 34 nitrogen and oxygen atoms in total. The number of β-amino-alcohol motifs (C(OH)–C–C–N with tert-alkyl or cyclic N) is 1. The molecule has 16 N–H and O–H groups in total. The highest BCUT2D eigenvalue weighted by Crippen LogP contribution is 2.48. The Balaban J connectivity index is 0.000000224. The Bertz CT molecular complexity index is 5290. The fourth-order valence-corrected chi connectivity index (χ4v) is 14.6. The topological polar surface area (TPSA) is 533 Å². The molecule has 0 bridgehead atoms. The molecule has 10 atom stereocenters. The van der Waals surface area contributed by atoms with Crippen molar-refractivity contribution in [1.29, 1.82) is 0 Å². The Morgan fingerprint density at radius 2 is 0.808 bits per heavy atom. The Hall–Kier alpha value is -11.0. The summed E-state index contributed by atoms with van der Waals surface area (Å²) >= 11 is 18.9. The van der Waals surface area contributed by atoms with Crippen molar-refractivity contribution in [1.82, 2.24) is 25.3 Å². The Kier molecular flexibility index (Phi) is 35.8. The van der Waals surface area contributed by atoms with Crippen LogP contribution in [-0.4, -0.2) is 240 Å². The van der Waals surface area contributed by atoms with Crippen LogP contribution in [0.1, 0.15) is 116 Å². The SMILES string of the molecule is CC(C)(C)OC(=O)N[C@@H](CO)C(=O)O.CC[C@H](NC(=O)OC(C)(C)C)C(=O)O.CN1CC[C@H](c2c(O)cc(O)c3c(=O)cc(-c4ccccc4Cl)oc23)[C@H](O)C1.CN1CC[C@H](c2c(O)cc(O)c3c(=O)cc(-c4ccccc4Cl)oc23)[C@H](OC(=O)[C@@H](N)CO)C1.C[C@@H](CO)C(=O)O[C@@H]1CN(C)CC[C@@H]1c1c(O)cc(O)c2c(=O)cc(-c3ccccc3Cl)oc12.Cl. The number of alkyl carbamates (subject to hydrolysis) is 2. The van der Waals surface area contributed by atoms with E-state index in [9.17, 15) is 89.1 Å². The highest BCUT2D eigenvalue weighted by Gasteiger charge is 2.41. The number of carboxylic acid groups (broad SMARTS) is 2. The third-order valence-electron chi connectivity index (χ3n) is 20.1. The summed E-state index contributed by atoms with van der Waals surface area (Å²) in [6, 6.07) is 24.3. The third kappa shape index (κ3) is 26.1. The molecule has 38 heteroatoms. The van der Waals surface area contributed by atoms with Gasteiger partial charge in [-0.25, -0.2) is 19.2 Å². The van der Waals surface area contributed by atoms with Crippen molar-refractivity contribution < 1.29 is 122 Å². The monoisotopic (exact) mass is 1820 g/mol. The van der Waals surface area contributed by atoms with Crippen molar-refractivity contribution in [2.24, 2.45) is 11.7 Å². The number of nitrogens with one attached hydrogen (secondary N) is 2. The number of phenols is 6. The maximum Gasteiger partial charge on any atom is 0.408 e. The van der Waals surface area contributed by atoms with Gasteiger partial charge in [0.2, 0.25) is 0 Å². The molecule has 125 heavy (non-hydrogen) atoms. The van der Waals surface area contributed by atoms with Crippen molar-refractivity contribution in [3.8, 4) is 68.5 Å². The van der Waals surface area contributed by atoms with Gasteiger partial charge in [-0.3, -0.25) is 24.0 Å². The number of halogens is 4. The molecule has 678 valence electrons. The molecule has 0 spiro atoms. The minimum Gasteiger partial charge on any atom is -0.507 e. The fraction of sp³-hybridized carbons (Fsp3) is 0.414. The molecule has 2 amide bonds. The molecular formula is C87H104Cl4N6O28. The predicted molar refractivity (Wildman–Crippen MR) is 467 cm³/mol. The van der Waals surface area contributed by atoms with E-state index in [2.05, 4.69) is 5.32 Å². The van der Waals surface area contributed by atoms with Gasteiger partial charge in [0, 0.05) is 107 Å². The second kappa shape index (κ2) is 44.2. The molecule has 3 aliphatic rings. The van der Waals surface area contributed by atoms with Gasteiger partial charge in [-0.15, -0.1) is 12.4 Å². The first-order valence-electron chi connectivity index (χ1n) is 39.3. The third-order valence-corrected chi connectivity index (χ3v) is 21.1. The number of aliphatic hydroxyl groups is 4. The van der Waals surface area contributed by atoms with Crippen molar-refractivity contribution in [3.63, 3.8) is 0 Å². The molecule has 0 radical (unpaired) electrons. The highest BCUT2D eigenvalue weighted by molar-refractivity contribution is 6.34. The van der Waals surface area contributed by atoms with Gasteiger partial charge in [0.1, 0.15) is 120 Å². The van der Waals surface area contributed by atoms with Gasteiger partial charge in [-0.05, 0) is 151 Å². The van der Waals surface area contributed by atoms with E-state index < -0.39 is 148 Å². The molecule has 0 aliphatic carbocycles. The average Bonchev–Trinajstić information content (AvgIpc) is 0.757. The molecule has 3 saturated heterocycles. The van der Waals surface area contributed by atoms with Crippen LogP contribution in [0.4, 0.5) is 9.59 Å². The number of aromatic hydroxyl groups is 6. The number of nitrogens with zero attached hydrogens (tertiary/aromatic N) is 3. The summed E-state index contributed by atoms with van der Waals surface area (Å²) in [5.41, 5.74) is 5.28. The maximum absolute atomic E-state index is 13.0. The van der Waals surface area contributed by atoms with Crippen molar-refractivity contribution >= 4 is 116 Å². The average molecular weight is 1820 g/mol. The zero-order chi connectivity index (χ0) is 91.8. The van der Waals surface area contributed by atoms with Crippen LogP contribution < -0.4 is 32.7 Å². The van der Waals surface area contributed by atoms with Crippen molar-refractivity contribution in [3.05, 3.63) is 172 Å². The first-order chi connectivity index (χ1) is 58.3. The Morgan fingerprint density at radius 1 is 0.488 bits per heavy atom. The Labute approximate surface area is 738 Å². The van der Waals surface area contributed by atoms with E-state index in [0.29, 0.717) is 95.7 Å². The molecule has 6 aromatic carbocycles. The van der Waals surface area contributed by atoms with Crippen LogP contribution in [0, 0.1) is 5.92 Å². The summed E-state index contributed by atoms with van der Waals surface area (Å²) in [5, 5.41) is 124. The summed E-state index contributed by atoms with van der Waals surface area (Å²) in [5.74, 6) is -7.33. The van der Waals surface area contributed by atoms with Gasteiger partial charge in [0.15, 0.2) is 22.3 Å². The van der Waals surface area contributed by atoms with Crippen LogP contribution in [0.2, 0.25) is 15.1 Å². The summed E-state index contributed by atoms with van der Waals surface area (Å²) in [4.78, 5) is 113. The number of amides is 2. The van der Waals surface area contributed by atoms with E-state index in [4.69, 9.17) is 88.1 Å². The maximum atomic E-state index is 13.0. The highest BCUT2D eigenvalue weighted by atomic mass is 35.5. The van der Waals surface area contributed by atoms with Gasteiger partial charge in [0.25, 0.3) is 0 Å². The van der Waals surface area contributed by atoms with E-state index in [-0.39, 0.29) is 103 Å². The molecule has 0 unspecified atom stereocenters. The molecule has 3 aliphatic heterocycles. The molecular weight excluding hydrogens is 1720 g/mol. The van der Waals surface area contributed by atoms with Crippen LogP contribution in [0.5, 0.6) is 34.5 Å². The van der Waals surface area contributed by atoms with Crippen LogP contribution >= 0.6 is 47.2 Å². The number of likely N-dealkylation sites (tertiary alicyclic amines) is 3. The number of carbonyl (C=O) groups excluding carboxylic acids is 4. The Morgan fingerprint density at radius 3 is 1.11 bits per heavy atom. The fourth-order valence-electron chi connectivity index (χ4n) is 14.0. The van der Waals surface area contributed by atoms with Crippen molar-refractivity contribution in [2.45, 2.75) is 146 Å². The molecule has 0 saturated carbocycles. The van der Waals surface area contributed by atoms with Crippen molar-refractivity contribution in [2.75, 3.05) is 80.2 Å². The largest absolute Gasteiger partial charge is 0.507 e. The van der Waals surface area contributed by atoms with E-state index in [1.54, 1.807) is 128 Å². The number of aliphatic hydroxyl groups excluding tert-OH is 4. The number of hydrogen-bond donors (Lipinski definition) is 15. The van der Waals surface area contributed by atoms with Gasteiger partial charge < -0.3 is 125 Å². The lowest BCUT2D eigenvalue weighted by atomic mass is 9.85. The normalized spacial score (nSPS) is 18.3. The number of ether oxygens (including phenoxy) is 4. The summed E-state index contributed by atoms with van der Waals surface area (Å²) in [6.45, 7) is 14.9. The number of hydrogen-bond acceptors (Lipinski definition) is 30. The zero-order valence-electron chi connectivity index (χ0n) is 70.2. The number of nitrogens with two attached hydrogens (primary N) is 1. The van der Waals surface area contributed by atoms with Crippen LogP contribution in [-0.2, 0) is 38.1 Å². The second-order valence-electron chi connectivity index (χ2n) is 32.0. The van der Waals surface area contributed by atoms with Crippen LogP contribution in [0.15, 0.2) is 137 Å². The predicted octanol–water partition coefficient (Wildman–Crippen LogP) is 10.7. The number of carbonyl (C=O) groups is 6. The van der Waals surface area contributed by atoms with Gasteiger partial charge in [0.05, 0.1) is 46.9 Å². The summed E-state index contributed by atoms with van der Waals surface area (Å²) in [7, 11) is 5.65. The molecule has 3 fully saturated rings. The number of fused-ring (bicyclic) bond motifs is 3. The van der Waals surface area contributed by atoms with E-state index in [1.807, 2.05) is 41.2 Å². The van der Waals surface area contributed by atoms with E-state index in [0.717, 1.165) is 24.7 Å². The second-order valence-corrected chi connectivity index (χ2v) is 33.2. The minimum absolute atomic E-state index is 0. The number of benzene rings is 6. The number of esters is 2. The molecule has 12 rings (SSSR count). The van der Waals surface area contributed by atoms with Gasteiger partial charge >= 0.3 is 36.1 Å². The number of carboxylic acids is 2. The lowest BCUT2D eigenvalue weighted by Crippen LogP contribution is -2.46. The van der Waals surface area contributed by atoms with E-state index in [1.165, 1.54) is 18.2 Å². The molecule has 6 heterocycles. The van der Waals surface area contributed by atoms with Gasteiger partial charge in [-0.1, -0.05) is 78.1 Å². The number of likely N-dealkylation sites (N-methyl/N-ethyl adjacent to an activating group) is 3. The zero-order valence-corrected chi connectivity index (χ0v) is 73.3.